The molecule has 0 aliphatic carbocycles. The van der Waals surface area contributed by atoms with Crippen LogP contribution in [-0.4, -0.2) is 47.0 Å². The number of para-hydroxylation sites is 1. The van der Waals surface area contributed by atoms with Crippen LogP contribution in [0.1, 0.15) is 18.4 Å². The van der Waals surface area contributed by atoms with Crippen molar-refractivity contribution in [3.8, 4) is 11.5 Å². The number of benzene rings is 1. The third-order valence-electron chi connectivity index (χ3n) is 4.52. The molecule has 25 heavy (non-hydrogen) atoms. The predicted octanol–water partition coefficient (Wildman–Crippen LogP) is 2.01. The lowest BCUT2D eigenvalue weighted by atomic mass is 9.99. The lowest BCUT2D eigenvalue weighted by molar-refractivity contribution is 0.208. The molecule has 1 fully saturated rings. The minimum absolute atomic E-state index is 0.133. The van der Waals surface area contributed by atoms with E-state index in [2.05, 4.69) is 20.2 Å². The Labute approximate surface area is 147 Å². The number of ether oxygens (including phenoxy) is 1. The zero-order valence-corrected chi connectivity index (χ0v) is 14.4. The first-order chi connectivity index (χ1) is 12.2. The summed E-state index contributed by atoms with van der Waals surface area (Å²) in [6.45, 7) is 2.38. The number of hydrogen-bond acceptors (Lipinski definition) is 7. The molecule has 7 heteroatoms. The number of piperidine rings is 1. The second-order valence-corrected chi connectivity index (χ2v) is 6.22. The van der Waals surface area contributed by atoms with Gasteiger partial charge in [0, 0.05) is 37.9 Å². The van der Waals surface area contributed by atoms with Crippen molar-refractivity contribution < 1.29 is 14.9 Å². The van der Waals surface area contributed by atoms with Crippen LogP contribution in [0.25, 0.3) is 0 Å². The average molecular weight is 344 g/mol. The number of phenols is 1. The van der Waals surface area contributed by atoms with Gasteiger partial charge in [0.1, 0.15) is 18.0 Å². The molecule has 0 radical (unpaired) electrons. The maximum atomic E-state index is 10.2. The molecule has 0 saturated carbocycles. The number of aromatic nitrogens is 2. The van der Waals surface area contributed by atoms with Gasteiger partial charge in [-0.25, -0.2) is 9.97 Å². The number of anilines is 2. The molecule has 1 aromatic heterocycles. The highest BCUT2D eigenvalue weighted by molar-refractivity contribution is 5.51. The summed E-state index contributed by atoms with van der Waals surface area (Å²) < 4.78 is 5.13. The molecular formula is C18H24N4O3. The van der Waals surface area contributed by atoms with E-state index < -0.39 is 0 Å². The zero-order chi connectivity index (χ0) is 17.6. The van der Waals surface area contributed by atoms with Crippen molar-refractivity contribution in [2.24, 2.45) is 5.92 Å². The first-order valence-electron chi connectivity index (χ1n) is 8.48. The Kier molecular flexibility index (Phi) is 5.55. The Morgan fingerprint density at radius 2 is 2.24 bits per heavy atom. The van der Waals surface area contributed by atoms with Gasteiger partial charge in [-0.05, 0) is 24.8 Å². The van der Waals surface area contributed by atoms with Crippen LogP contribution in [0.4, 0.5) is 11.6 Å². The fourth-order valence-corrected chi connectivity index (χ4v) is 3.10. The predicted molar refractivity (Wildman–Crippen MR) is 96.0 cm³/mol. The normalized spacial score (nSPS) is 17.4. The number of methoxy groups -OCH3 is 1. The van der Waals surface area contributed by atoms with Crippen LogP contribution in [0.2, 0.25) is 0 Å². The molecular weight excluding hydrogens is 320 g/mol. The second-order valence-electron chi connectivity index (χ2n) is 6.22. The quantitative estimate of drug-likeness (QED) is 0.738. The molecule has 0 bridgehead atoms. The summed E-state index contributed by atoms with van der Waals surface area (Å²) in [5.41, 5.74) is 0.734. The molecule has 3 N–H and O–H groups in total. The number of nitrogens with zero attached hydrogens (tertiary/aromatic N) is 3. The van der Waals surface area contributed by atoms with E-state index in [-0.39, 0.29) is 12.4 Å². The van der Waals surface area contributed by atoms with Crippen LogP contribution in [0.5, 0.6) is 11.5 Å². The Balaban J connectivity index is 1.68. The number of nitrogens with one attached hydrogen (secondary N) is 1. The van der Waals surface area contributed by atoms with Crippen molar-refractivity contribution in [3.63, 3.8) is 0 Å². The molecule has 7 nitrogen and oxygen atoms in total. The Bertz CT molecular complexity index is 710. The second kappa shape index (κ2) is 8.02. The third kappa shape index (κ3) is 4.11. The van der Waals surface area contributed by atoms with E-state index in [1.165, 1.54) is 13.4 Å². The number of aliphatic hydroxyl groups excluding tert-OH is 1. The number of aromatic hydroxyl groups is 1. The largest absolute Gasteiger partial charge is 0.504 e. The van der Waals surface area contributed by atoms with E-state index in [9.17, 15) is 10.2 Å². The van der Waals surface area contributed by atoms with E-state index in [1.807, 2.05) is 18.2 Å². The maximum absolute atomic E-state index is 10.2. The van der Waals surface area contributed by atoms with Crippen molar-refractivity contribution in [2.75, 3.05) is 37.0 Å². The van der Waals surface area contributed by atoms with Crippen molar-refractivity contribution in [2.45, 2.75) is 19.4 Å². The summed E-state index contributed by atoms with van der Waals surface area (Å²) in [6, 6.07) is 7.29. The van der Waals surface area contributed by atoms with Crippen molar-refractivity contribution >= 4 is 11.6 Å². The van der Waals surface area contributed by atoms with E-state index in [0.717, 1.165) is 37.3 Å². The van der Waals surface area contributed by atoms with Gasteiger partial charge in [0.05, 0.1) is 7.11 Å². The standard InChI is InChI=1S/C18H24N4O3/c1-25-15-6-2-5-14(18(15)24)9-19-16-8-17(21-12-20-16)22-7-3-4-13(10-22)11-23/h2,5-6,8,12-13,23-24H,3-4,7,9-11H2,1H3,(H,19,20,21). The topological polar surface area (TPSA) is 90.7 Å². The highest BCUT2D eigenvalue weighted by Gasteiger charge is 2.20. The molecule has 1 aromatic carbocycles. The van der Waals surface area contributed by atoms with E-state index in [0.29, 0.717) is 24.0 Å². The van der Waals surface area contributed by atoms with Gasteiger partial charge in [-0.1, -0.05) is 12.1 Å². The molecule has 2 heterocycles. The molecule has 2 aromatic rings. The fourth-order valence-electron chi connectivity index (χ4n) is 3.10. The van der Waals surface area contributed by atoms with Gasteiger partial charge in [-0.3, -0.25) is 0 Å². The van der Waals surface area contributed by atoms with Gasteiger partial charge < -0.3 is 25.2 Å². The molecule has 134 valence electrons. The first-order valence-corrected chi connectivity index (χ1v) is 8.48. The van der Waals surface area contributed by atoms with Crippen LogP contribution in [0.3, 0.4) is 0 Å². The van der Waals surface area contributed by atoms with E-state index >= 15 is 0 Å². The summed E-state index contributed by atoms with van der Waals surface area (Å²) in [6.07, 6.45) is 3.64. The SMILES string of the molecule is COc1cccc(CNc2cc(N3CCCC(CO)C3)ncn2)c1O. The average Bonchev–Trinajstić information content (AvgIpc) is 2.67. The zero-order valence-electron chi connectivity index (χ0n) is 14.4. The van der Waals surface area contributed by atoms with Gasteiger partial charge in [0.2, 0.25) is 0 Å². The van der Waals surface area contributed by atoms with Gasteiger partial charge >= 0.3 is 0 Å². The van der Waals surface area contributed by atoms with Crippen LogP contribution in [0, 0.1) is 5.92 Å². The molecule has 1 saturated heterocycles. The lowest BCUT2D eigenvalue weighted by Gasteiger charge is -2.32. The summed E-state index contributed by atoms with van der Waals surface area (Å²) in [5, 5.41) is 22.8. The lowest BCUT2D eigenvalue weighted by Crippen LogP contribution is -2.37. The Morgan fingerprint density at radius 1 is 1.36 bits per heavy atom. The molecule has 1 unspecified atom stereocenters. The highest BCUT2D eigenvalue weighted by atomic mass is 16.5. The van der Waals surface area contributed by atoms with Crippen LogP contribution in [0.15, 0.2) is 30.6 Å². The van der Waals surface area contributed by atoms with Crippen LogP contribution < -0.4 is 15.0 Å². The molecule has 1 atom stereocenters. The van der Waals surface area contributed by atoms with Gasteiger partial charge in [-0.15, -0.1) is 0 Å². The Hall–Kier alpha value is -2.54. The Morgan fingerprint density at radius 3 is 3.04 bits per heavy atom. The molecule has 3 rings (SSSR count). The van der Waals surface area contributed by atoms with Gasteiger partial charge in [0.15, 0.2) is 11.5 Å². The number of aliphatic hydroxyl groups is 1. The minimum Gasteiger partial charge on any atom is -0.504 e. The minimum atomic E-state index is 0.133. The van der Waals surface area contributed by atoms with Gasteiger partial charge in [0.25, 0.3) is 0 Å². The van der Waals surface area contributed by atoms with E-state index in [1.54, 1.807) is 6.07 Å². The first kappa shape index (κ1) is 17.3. The van der Waals surface area contributed by atoms with E-state index in [4.69, 9.17) is 4.74 Å². The molecule has 0 amide bonds. The number of rotatable bonds is 6. The third-order valence-corrected chi connectivity index (χ3v) is 4.52. The molecule has 1 aliphatic heterocycles. The number of hydrogen-bond donors (Lipinski definition) is 3. The van der Waals surface area contributed by atoms with Crippen molar-refractivity contribution in [1.29, 1.82) is 0 Å². The monoisotopic (exact) mass is 344 g/mol. The maximum Gasteiger partial charge on any atom is 0.162 e. The summed E-state index contributed by atoms with van der Waals surface area (Å²) in [7, 11) is 1.53. The van der Waals surface area contributed by atoms with Crippen LogP contribution in [-0.2, 0) is 6.54 Å². The van der Waals surface area contributed by atoms with Crippen molar-refractivity contribution in [1.82, 2.24) is 9.97 Å². The summed E-state index contributed by atoms with van der Waals surface area (Å²) in [5.74, 6) is 2.43. The molecule has 1 aliphatic rings. The smallest absolute Gasteiger partial charge is 0.162 e. The van der Waals surface area contributed by atoms with Crippen LogP contribution >= 0.6 is 0 Å². The highest BCUT2D eigenvalue weighted by Crippen LogP contribution is 2.30. The number of phenolic OH excluding ortho intramolecular Hbond substituents is 1. The fraction of sp³-hybridized carbons (Fsp3) is 0.444. The molecule has 0 spiro atoms. The van der Waals surface area contributed by atoms with Gasteiger partial charge in [-0.2, -0.15) is 0 Å². The summed E-state index contributed by atoms with van der Waals surface area (Å²) in [4.78, 5) is 10.8. The summed E-state index contributed by atoms with van der Waals surface area (Å²) >= 11 is 0. The van der Waals surface area contributed by atoms with Crippen molar-refractivity contribution in [3.05, 3.63) is 36.2 Å².